The zero-order valence-corrected chi connectivity index (χ0v) is 23.1. The van der Waals surface area contributed by atoms with Crippen molar-refractivity contribution in [2.24, 2.45) is 0 Å². The molecule has 0 saturated heterocycles. The minimum atomic E-state index is -0.367. The zero-order valence-electron chi connectivity index (χ0n) is 20.6. The van der Waals surface area contributed by atoms with Crippen LogP contribution >= 0.6 is 35.3 Å². The Morgan fingerprint density at radius 3 is 2.46 bits per heavy atom. The van der Waals surface area contributed by atoms with Crippen molar-refractivity contribution in [1.29, 1.82) is 0 Å². The highest BCUT2D eigenvalue weighted by atomic mass is 32.2. The number of para-hydroxylation sites is 2. The number of rotatable bonds is 8. The average Bonchev–Trinajstić information content (AvgIpc) is 3.46. The fourth-order valence-electron chi connectivity index (χ4n) is 4.20. The first kappa shape index (κ1) is 25.4. The van der Waals surface area contributed by atoms with Crippen LogP contribution in [0.25, 0.3) is 32.7 Å². The summed E-state index contributed by atoms with van der Waals surface area (Å²) in [7, 11) is 0. The van der Waals surface area contributed by atoms with Gasteiger partial charge >= 0.3 is 5.97 Å². The molecule has 0 aliphatic carbocycles. The van der Waals surface area contributed by atoms with Crippen LogP contribution in [0.5, 0.6) is 0 Å². The van der Waals surface area contributed by atoms with Gasteiger partial charge in [-0.15, -0.1) is 0 Å². The molecule has 0 radical (unpaired) electrons. The number of aromatic nitrogens is 4. The second-order valence-electron chi connectivity index (χ2n) is 8.13. The lowest BCUT2D eigenvalue weighted by Gasteiger charge is -2.18. The van der Waals surface area contributed by atoms with Crippen molar-refractivity contribution < 1.29 is 14.3 Å². The van der Waals surface area contributed by atoms with Crippen LogP contribution in [0.1, 0.15) is 31.1 Å². The minimum absolute atomic E-state index is 0.0613. The molecule has 0 aliphatic rings. The number of carbonyl (C=O) groups excluding carboxylic acids is 2. The van der Waals surface area contributed by atoms with Gasteiger partial charge in [0.2, 0.25) is 5.91 Å². The number of benzene rings is 2. The van der Waals surface area contributed by atoms with Gasteiger partial charge in [0, 0.05) is 18.8 Å². The fourth-order valence-corrected chi connectivity index (χ4v) is 6.46. The summed E-state index contributed by atoms with van der Waals surface area (Å²) < 4.78 is 10.5. The molecule has 37 heavy (non-hydrogen) atoms. The van der Waals surface area contributed by atoms with Crippen molar-refractivity contribution in [3.8, 4) is 5.69 Å². The quantitative estimate of drug-likeness (QED) is 0.105. The van der Waals surface area contributed by atoms with Gasteiger partial charge in [-0.05, 0) is 69.4 Å². The van der Waals surface area contributed by atoms with Crippen LogP contribution in [0.15, 0.2) is 53.7 Å². The number of imidazole rings is 1. The molecule has 8 nitrogen and oxygen atoms in total. The minimum Gasteiger partial charge on any atom is -0.462 e. The van der Waals surface area contributed by atoms with E-state index < -0.39 is 0 Å². The molecule has 11 heteroatoms. The number of fused-ring (bicyclic) bond motifs is 5. The van der Waals surface area contributed by atoms with Crippen LogP contribution < -0.4 is 0 Å². The van der Waals surface area contributed by atoms with Crippen molar-refractivity contribution in [1.82, 2.24) is 23.8 Å². The van der Waals surface area contributed by atoms with Crippen LogP contribution in [-0.4, -0.2) is 61.2 Å². The van der Waals surface area contributed by atoms with Gasteiger partial charge in [0.05, 0.1) is 29.0 Å². The fraction of sp³-hybridized carbons (Fsp3) is 0.269. The summed E-state index contributed by atoms with van der Waals surface area (Å²) in [5.41, 5.74) is 4.44. The summed E-state index contributed by atoms with van der Waals surface area (Å²) in [5, 5.41) is 0.668. The van der Waals surface area contributed by atoms with Crippen molar-refractivity contribution in [3.63, 3.8) is 0 Å². The maximum absolute atomic E-state index is 12.8. The van der Waals surface area contributed by atoms with E-state index in [2.05, 4.69) is 0 Å². The normalized spacial score (nSPS) is 11.4. The number of ether oxygens (including phenoxy) is 1. The highest BCUT2D eigenvalue weighted by Gasteiger charge is 2.21. The molecule has 1 amide bonds. The number of esters is 1. The highest BCUT2D eigenvalue weighted by molar-refractivity contribution is 7.99. The van der Waals surface area contributed by atoms with E-state index in [1.54, 1.807) is 19.1 Å². The molecule has 0 saturated carbocycles. The number of hydrogen-bond donors (Lipinski definition) is 0. The third-order valence-electron chi connectivity index (χ3n) is 6.02. The van der Waals surface area contributed by atoms with E-state index in [4.69, 9.17) is 26.9 Å². The monoisotopic (exact) mass is 551 g/mol. The second kappa shape index (κ2) is 10.6. The van der Waals surface area contributed by atoms with Gasteiger partial charge < -0.3 is 9.64 Å². The first-order valence-electron chi connectivity index (χ1n) is 12.0. The summed E-state index contributed by atoms with van der Waals surface area (Å²) in [6.45, 7) is 7.38. The second-order valence-corrected chi connectivity index (χ2v) is 10.7. The van der Waals surface area contributed by atoms with E-state index in [-0.39, 0.29) is 17.6 Å². The summed E-state index contributed by atoms with van der Waals surface area (Å²) >= 11 is 8.60. The number of nitrogens with zero attached hydrogens (tertiary/aromatic N) is 5. The van der Waals surface area contributed by atoms with Crippen molar-refractivity contribution in [3.05, 3.63) is 58.0 Å². The molecule has 3 heterocycles. The van der Waals surface area contributed by atoms with Gasteiger partial charge in [0.25, 0.3) is 0 Å². The van der Waals surface area contributed by atoms with Gasteiger partial charge in [-0.3, -0.25) is 13.8 Å². The molecule has 0 unspecified atom stereocenters. The van der Waals surface area contributed by atoms with Crippen molar-refractivity contribution in [2.75, 3.05) is 25.4 Å². The van der Waals surface area contributed by atoms with E-state index >= 15 is 0 Å². The Hall–Kier alpha value is -3.28. The Labute approximate surface area is 226 Å². The number of thiazole rings is 1. The van der Waals surface area contributed by atoms with Crippen molar-refractivity contribution in [2.45, 2.75) is 25.9 Å². The van der Waals surface area contributed by atoms with Crippen LogP contribution in [0.3, 0.4) is 0 Å². The molecule has 5 rings (SSSR count). The molecule has 3 aromatic heterocycles. The molecular weight excluding hydrogens is 527 g/mol. The van der Waals surface area contributed by atoms with Gasteiger partial charge in [-0.1, -0.05) is 35.2 Å². The van der Waals surface area contributed by atoms with Gasteiger partial charge in [-0.2, -0.15) is 0 Å². The van der Waals surface area contributed by atoms with Gasteiger partial charge in [0.15, 0.2) is 20.4 Å². The molecular formula is C26H25N5O3S3. The Kier molecular flexibility index (Phi) is 7.27. The van der Waals surface area contributed by atoms with Gasteiger partial charge in [-0.25, -0.2) is 14.8 Å². The molecule has 0 atom stereocenters. The zero-order chi connectivity index (χ0) is 26.1. The van der Waals surface area contributed by atoms with Crippen LogP contribution in [0.4, 0.5) is 0 Å². The lowest BCUT2D eigenvalue weighted by Crippen LogP contribution is -2.31. The first-order chi connectivity index (χ1) is 18.0. The summed E-state index contributed by atoms with van der Waals surface area (Å²) in [5.74, 6) is -0.0413. The van der Waals surface area contributed by atoms with Crippen LogP contribution in [0, 0.1) is 3.95 Å². The largest absolute Gasteiger partial charge is 0.462 e. The molecule has 0 fully saturated rings. The molecule has 0 bridgehead atoms. The lowest BCUT2D eigenvalue weighted by molar-refractivity contribution is -0.127. The predicted octanol–water partition coefficient (Wildman–Crippen LogP) is 5.75. The summed E-state index contributed by atoms with van der Waals surface area (Å²) in [6.07, 6.45) is 0. The number of amides is 1. The predicted molar refractivity (Wildman–Crippen MR) is 151 cm³/mol. The van der Waals surface area contributed by atoms with Gasteiger partial charge in [0.1, 0.15) is 4.70 Å². The molecule has 0 N–H and O–H groups in total. The molecule has 5 aromatic rings. The Bertz CT molecular complexity index is 1680. The highest BCUT2D eigenvalue weighted by Crippen LogP contribution is 2.34. The molecule has 190 valence electrons. The number of carbonyl (C=O) groups is 2. The van der Waals surface area contributed by atoms with E-state index in [9.17, 15) is 9.59 Å². The SMILES string of the molecule is CCOC(=O)c1ccc(-n2c(=S)sc3c2nc(SCC(=O)N(CC)CC)n2c4ccccc4nc32)cc1. The van der Waals surface area contributed by atoms with E-state index in [1.165, 1.54) is 23.1 Å². The first-order valence-corrected chi connectivity index (χ1v) is 14.2. The van der Waals surface area contributed by atoms with Crippen LogP contribution in [-0.2, 0) is 9.53 Å². The summed E-state index contributed by atoms with van der Waals surface area (Å²) in [4.78, 5) is 36.7. The third kappa shape index (κ3) is 4.62. The van der Waals surface area contributed by atoms with Crippen molar-refractivity contribution >= 4 is 74.2 Å². The Morgan fingerprint density at radius 1 is 1.03 bits per heavy atom. The van der Waals surface area contributed by atoms with E-state index in [0.29, 0.717) is 40.0 Å². The summed E-state index contributed by atoms with van der Waals surface area (Å²) in [6, 6.07) is 15.0. The van der Waals surface area contributed by atoms with E-state index in [1.807, 2.05) is 64.1 Å². The average molecular weight is 552 g/mol. The maximum atomic E-state index is 12.8. The third-order valence-corrected chi connectivity index (χ3v) is 8.30. The Morgan fingerprint density at radius 2 is 1.76 bits per heavy atom. The standard InChI is InChI=1S/C26H25N5O3S3/c1-4-29(5-2)20(32)15-36-25-28-23-21(22-27-18-9-7-8-10-19(18)31(22)25)37-26(35)30(23)17-13-11-16(12-14-17)24(33)34-6-3/h7-14H,4-6,15H2,1-3H3. The topological polar surface area (TPSA) is 81.7 Å². The lowest BCUT2D eigenvalue weighted by atomic mass is 10.2. The molecule has 2 aromatic carbocycles. The molecule has 0 spiro atoms. The van der Waals surface area contributed by atoms with E-state index in [0.717, 1.165) is 27.1 Å². The molecule has 0 aliphatic heterocycles. The number of hydrogen-bond acceptors (Lipinski definition) is 8. The maximum Gasteiger partial charge on any atom is 0.338 e. The smallest absolute Gasteiger partial charge is 0.338 e. The Balaban J connectivity index is 1.67. The van der Waals surface area contributed by atoms with Crippen LogP contribution in [0.2, 0.25) is 0 Å². The number of thioether (sulfide) groups is 1.